The minimum Gasteiger partial charge on any atom is -0.400 e. The Morgan fingerprint density at radius 3 is 1.49 bits per heavy atom. The third-order valence-corrected chi connectivity index (χ3v) is 21.8. The third kappa shape index (κ3) is 16.1. The number of fused-ring (bicyclic) bond motifs is 2. The van der Waals surface area contributed by atoms with Crippen molar-refractivity contribution in [3.8, 4) is 0 Å². The molecule has 0 unspecified atom stereocenters. The number of halogens is 3. The van der Waals surface area contributed by atoms with E-state index in [0.717, 1.165) is 173 Å². The SMILES string of the molecule is CC1(C)OB(C2=CCCCC2)OC1(C)C.Cc1ccc(N2CCC[C@H](N(Cc3ccnc(C)c3)Cc3cn(C4CC4)c4cc(C5=CCCCC5)c(F)cc4c3=O)C2)cn1.Cc1ccc(N2CCC[C@H](N(Cc3ccnc(C)c3)Cc3cn(C4CC4)c4cc(Cl)c(F)cc4c3=O)C2)cn1. The highest BCUT2D eigenvalue weighted by Gasteiger charge is 2.52. The molecule has 0 radical (unpaired) electrons. The second kappa shape index (κ2) is 29.8. The maximum Gasteiger partial charge on any atom is 0.490 e. The second-order valence-electron chi connectivity index (χ2n) is 29.7. The summed E-state index contributed by atoms with van der Waals surface area (Å²) in [6.07, 6.45) is 33.7. The number of pyridine rings is 6. The quantitative estimate of drug-likeness (QED) is 0.0855. The highest BCUT2D eigenvalue weighted by atomic mass is 35.5. The Morgan fingerprint density at radius 1 is 0.551 bits per heavy atom. The number of allylic oxidation sites excluding steroid dienone is 4. The summed E-state index contributed by atoms with van der Waals surface area (Å²) in [5.41, 5.74) is 14.1. The fourth-order valence-corrected chi connectivity index (χ4v) is 15.1. The number of hydrogen-bond acceptors (Lipinski definition) is 12. The lowest BCUT2D eigenvalue weighted by Gasteiger charge is -2.40. The van der Waals surface area contributed by atoms with Crippen LogP contribution in [0.15, 0.2) is 137 Å². The standard InChI is InChI=1S/C37H42FN5O.C31H33ClFN5O.C12H21BO2/c1-25-10-11-31(20-40-25)41-16-6-9-32(24-41)42(21-27-14-15-39-26(2)17-27)22-29-23-43(30-12-13-30)36-19-33(28-7-4-3-5-8-28)35(38)18-34(36)37(29)44;1-20-5-6-25(15-35-20)36-11-3-4-26(19-36)37(16-22-9-10-34-21(2)12-22)17-23-18-38(24-7-8-24)30-14-28(32)29(33)13-27(30)31(23)39;1-11(2)12(3,4)15-13(14-11)10-8-6-5-7-9-10/h7,10-11,14-15,17-20,23,30,32H,3-6,8-9,12-13,16,21-22,24H2,1-2H3;5-6,9-10,12-15,18,24,26H,3-4,7-8,11,16-17,19H2,1-2H3;8H,5-7,9H2,1-4H3/t32-;26-;/m00./s1. The zero-order chi connectivity index (χ0) is 68.4. The zero-order valence-corrected chi connectivity index (χ0v) is 59.4. The van der Waals surface area contributed by atoms with E-state index in [4.69, 9.17) is 20.9 Å². The first-order valence-electron chi connectivity index (χ1n) is 36.0. The molecule has 0 bridgehead atoms. The Kier molecular flexibility index (Phi) is 21.0. The molecule has 2 saturated carbocycles. The normalized spacial score (nSPS) is 20.1. The van der Waals surface area contributed by atoms with Crippen LogP contribution >= 0.6 is 11.6 Å². The Morgan fingerprint density at radius 2 is 1.04 bits per heavy atom. The van der Waals surface area contributed by atoms with E-state index in [-0.39, 0.29) is 52.1 Å². The van der Waals surface area contributed by atoms with Crippen molar-refractivity contribution < 1.29 is 18.1 Å². The molecule has 5 fully saturated rings. The number of aromatic nitrogens is 6. The monoisotopic (exact) mass is 1340 g/mol. The lowest BCUT2D eigenvalue weighted by molar-refractivity contribution is 0.00578. The van der Waals surface area contributed by atoms with E-state index in [2.05, 4.69) is 137 Å². The maximum atomic E-state index is 15.7. The molecule has 2 aromatic carbocycles. The first kappa shape index (κ1) is 69.1. The molecule has 0 N–H and O–H groups in total. The minimum absolute atomic E-state index is 0.0478. The van der Waals surface area contributed by atoms with E-state index >= 15 is 4.39 Å². The molecule has 8 aromatic rings. The number of benzene rings is 2. The molecular weight excluding hydrogens is 1250 g/mol. The minimum atomic E-state index is -0.556. The van der Waals surface area contributed by atoms with Gasteiger partial charge < -0.3 is 28.2 Å². The molecule has 0 spiro atoms. The molecule has 4 aliphatic carbocycles. The second-order valence-corrected chi connectivity index (χ2v) is 30.1. The molecule has 2 atom stereocenters. The molecular formula is C80H96BClF2N10O4. The van der Waals surface area contributed by atoms with Gasteiger partial charge in [-0.3, -0.25) is 39.3 Å². The summed E-state index contributed by atoms with van der Waals surface area (Å²) in [5, 5.41) is 0.950. The van der Waals surface area contributed by atoms with Gasteiger partial charge in [-0.05, 0) is 253 Å². The molecule has 0 amide bonds. The van der Waals surface area contributed by atoms with Crippen LogP contribution in [0.25, 0.3) is 27.4 Å². The molecule has 9 heterocycles. The first-order valence-corrected chi connectivity index (χ1v) is 36.4. The summed E-state index contributed by atoms with van der Waals surface area (Å²) in [6, 6.07) is 24.3. The van der Waals surface area contributed by atoms with Gasteiger partial charge in [0.25, 0.3) is 0 Å². The van der Waals surface area contributed by atoms with Crippen molar-refractivity contribution in [2.24, 2.45) is 0 Å². The van der Waals surface area contributed by atoms with E-state index in [1.54, 1.807) is 6.07 Å². The van der Waals surface area contributed by atoms with Crippen LogP contribution in [-0.2, 0) is 35.5 Å². The van der Waals surface area contributed by atoms with Gasteiger partial charge in [0.2, 0.25) is 0 Å². The number of anilines is 2. The Balaban J connectivity index is 0.000000146. The molecule has 3 saturated heterocycles. The number of nitrogens with zero attached hydrogens (tertiary/aromatic N) is 10. The molecule has 6 aromatic heterocycles. The highest BCUT2D eigenvalue weighted by Crippen LogP contribution is 2.42. The summed E-state index contributed by atoms with van der Waals surface area (Å²) in [5.74, 6) is -0.833. The van der Waals surface area contributed by atoms with Crippen LogP contribution in [-0.4, -0.2) is 95.5 Å². The van der Waals surface area contributed by atoms with Gasteiger partial charge in [0.05, 0.1) is 51.0 Å². The van der Waals surface area contributed by atoms with Crippen molar-refractivity contribution in [3.63, 3.8) is 0 Å². The Hall–Kier alpha value is -7.41. The molecule has 15 rings (SSSR count). The van der Waals surface area contributed by atoms with Crippen molar-refractivity contribution in [2.45, 2.75) is 220 Å². The van der Waals surface area contributed by atoms with Crippen molar-refractivity contribution in [1.82, 2.24) is 38.9 Å². The van der Waals surface area contributed by atoms with Crippen molar-refractivity contribution in [3.05, 3.63) is 215 Å². The van der Waals surface area contributed by atoms with Crippen LogP contribution in [0.5, 0.6) is 0 Å². The van der Waals surface area contributed by atoms with E-state index in [1.807, 2.05) is 70.8 Å². The first-order chi connectivity index (χ1) is 47.2. The Bertz CT molecular complexity index is 4360. The van der Waals surface area contributed by atoms with Gasteiger partial charge >= 0.3 is 7.12 Å². The summed E-state index contributed by atoms with van der Waals surface area (Å²) < 4.78 is 46.6. The van der Waals surface area contributed by atoms with E-state index < -0.39 is 5.82 Å². The third-order valence-electron chi connectivity index (χ3n) is 21.5. The predicted molar refractivity (Wildman–Crippen MR) is 392 cm³/mol. The predicted octanol–water partition coefficient (Wildman–Crippen LogP) is 16.8. The van der Waals surface area contributed by atoms with Crippen LogP contribution in [0.2, 0.25) is 5.02 Å². The summed E-state index contributed by atoms with van der Waals surface area (Å²) in [7, 11) is -0.102. The van der Waals surface area contributed by atoms with Gasteiger partial charge in [-0.1, -0.05) is 23.8 Å². The Labute approximate surface area is 582 Å². The van der Waals surface area contributed by atoms with Crippen LogP contribution < -0.4 is 20.7 Å². The van der Waals surface area contributed by atoms with Crippen LogP contribution in [0.3, 0.4) is 0 Å². The highest BCUT2D eigenvalue weighted by molar-refractivity contribution is 6.54. The van der Waals surface area contributed by atoms with Crippen LogP contribution in [0.4, 0.5) is 20.2 Å². The van der Waals surface area contributed by atoms with Gasteiger partial charge in [0.15, 0.2) is 10.9 Å². The molecule has 18 heteroatoms. The maximum absolute atomic E-state index is 15.7. The van der Waals surface area contributed by atoms with Crippen molar-refractivity contribution in [1.29, 1.82) is 0 Å². The smallest absolute Gasteiger partial charge is 0.400 e. The van der Waals surface area contributed by atoms with Crippen LogP contribution in [0.1, 0.15) is 193 Å². The summed E-state index contributed by atoms with van der Waals surface area (Å²) in [4.78, 5) is 55.4. The fourth-order valence-electron chi connectivity index (χ4n) is 15.0. The van der Waals surface area contributed by atoms with Gasteiger partial charge in [-0.25, -0.2) is 8.78 Å². The summed E-state index contributed by atoms with van der Waals surface area (Å²) >= 11 is 6.13. The number of hydrogen-bond donors (Lipinski definition) is 0. The number of rotatable bonds is 16. The summed E-state index contributed by atoms with van der Waals surface area (Å²) in [6.45, 7) is 22.6. The van der Waals surface area contributed by atoms with Gasteiger partial charge in [0, 0.05) is 152 Å². The molecule has 3 aliphatic heterocycles. The van der Waals surface area contributed by atoms with Crippen molar-refractivity contribution >= 4 is 57.5 Å². The average Bonchev–Trinajstić information content (AvgIpc) is 1.37. The molecule has 98 heavy (non-hydrogen) atoms. The van der Waals surface area contributed by atoms with Gasteiger partial charge in [-0.2, -0.15) is 0 Å². The largest absolute Gasteiger partial charge is 0.490 e. The number of aryl methyl sites for hydroxylation is 4. The molecule has 14 nitrogen and oxygen atoms in total. The van der Waals surface area contributed by atoms with Crippen LogP contribution in [0, 0.1) is 39.3 Å². The van der Waals surface area contributed by atoms with Gasteiger partial charge in [-0.15, -0.1) is 0 Å². The fraction of sp³-hybridized carbons (Fsp3) is 0.475. The number of piperidine rings is 2. The lowest BCUT2D eigenvalue weighted by Crippen LogP contribution is -2.48. The topological polar surface area (TPSA) is 127 Å². The lowest BCUT2D eigenvalue weighted by atomic mass is 9.73. The van der Waals surface area contributed by atoms with E-state index in [0.29, 0.717) is 59.1 Å². The molecule has 514 valence electrons. The molecule has 7 aliphatic rings. The zero-order valence-electron chi connectivity index (χ0n) is 58.6. The van der Waals surface area contributed by atoms with Gasteiger partial charge in [0.1, 0.15) is 11.6 Å². The average molecular weight is 1350 g/mol. The van der Waals surface area contributed by atoms with E-state index in [9.17, 15) is 14.0 Å². The van der Waals surface area contributed by atoms with Crippen molar-refractivity contribution in [2.75, 3.05) is 36.0 Å². The van der Waals surface area contributed by atoms with E-state index in [1.165, 1.54) is 42.4 Å².